The van der Waals surface area contributed by atoms with Gasteiger partial charge in [-0.15, -0.1) is 0 Å². The summed E-state index contributed by atoms with van der Waals surface area (Å²) < 4.78 is 0. The van der Waals surface area contributed by atoms with E-state index in [9.17, 15) is 14.7 Å². The fourth-order valence-corrected chi connectivity index (χ4v) is 3.81. The van der Waals surface area contributed by atoms with E-state index in [-0.39, 0.29) is 17.7 Å². The molecule has 2 aliphatic rings. The van der Waals surface area contributed by atoms with Gasteiger partial charge in [0.15, 0.2) is 0 Å². The molecular weight excluding hydrogens is 256 g/mol. The number of hydrogen-bond acceptors (Lipinski definition) is 3. The number of likely N-dealkylation sites (tertiary alicyclic amines) is 1. The van der Waals surface area contributed by atoms with Gasteiger partial charge in [0.1, 0.15) is 0 Å². The highest BCUT2D eigenvalue weighted by molar-refractivity contribution is 5.81. The molecule has 1 aliphatic carbocycles. The van der Waals surface area contributed by atoms with Crippen molar-refractivity contribution in [2.45, 2.75) is 45.4 Å². The minimum absolute atomic E-state index is 0.0152. The summed E-state index contributed by atoms with van der Waals surface area (Å²) in [5.41, 5.74) is 5.01. The van der Waals surface area contributed by atoms with Gasteiger partial charge in [-0.25, -0.2) is 0 Å². The number of carboxylic acid groups (broad SMARTS) is 1. The second-order valence-corrected chi connectivity index (χ2v) is 6.34. The van der Waals surface area contributed by atoms with Gasteiger partial charge in [-0.05, 0) is 44.6 Å². The molecule has 0 aromatic carbocycles. The molecule has 0 radical (unpaired) electrons. The average molecular weight is 282 g/mol. The fourth-order valence-electron chi connectivity index (χ4n) is 3.81. The zero-order valence-corrected chi connectivity index (χ0v) is 12.3. The van der Waals surface area contributed by atoms with Crippen molar-refractivity contribution in [2.75, 3.05) is 19.6 Å². The summed E-state index contributed by atoms with van der Waals surface area (Å²) in [6.07, 6.45) is 5.03. The maximum absolute atomic E-state index is 12.7. The van der Waals surface area contributed by atoms with Crippen LogP contribution in [0.25, 0.3) is 0 Å². The number of amides is 1. The predicted molar refractivity (Wildman–Crippen MR) is 76.1 cm³/mol. The first-order chi connectivity index (χ1) is 9.54. The number of aliphatic carboxylic acids is 1. The van der Waals surface area contributed by atoms with Crippen LogP contribution in [0.5, 0.6) is 0 Å². The lowest BCUT2D eigenvalue weighted by molar-refractivity contribution is -0.156. The van der Waals surface area contributed by atoms with Crippen LogP contribution in [0.1, 0.15) is 45.4 Å². The first kappa shape index (κ1) is 15.3. The molecule has 2 fully saturated rings. The Morgan fingerprint density at radius 3 is 2.70 bits per heavy atom. The average Bonchev–Trinajstić information content (AvgIpc) is 2.94. The van der Waals surface area contributed by atoms with E-state index in [1.807, 2.05) is 6.92 Å². The summed E-state index contributed by atoms with van der Waals surface area (Å²) in [7, 11) is 0. The molecule has 0 aromatic heterocycles. The van der Waals surface area contributed by atoms with Gasteiger partial charge < -0.3 is 15.7 Å². The smallest absolute Gasteiger partial charge is 0.311 e. The van der Waals surface area contributed by atoms with Gasteiger partial charge in [0.05, 0.1) is 5.41 Å². The Bertz CT molecular complexity index is 385. The molecule has 1 saturated carbocycles. The molecule has 5 nitrogen and oxygen atoms in total. The number of hydrogen-bond donors (Lipinski definition) is 2. The summed E-state index contributed by atoms with van der Waals surface area (Å²) in [6.45, 7) is 3.52. The summed E-state index contributed by atoms with van der Waals surface area (Å²) in [5, 5.41) is 9.49. The molecule has 0 aromatic rings. The quantitative estimate of drug-likeness (QED) is 0.817. The van der Waals surface area contributed by atoms with E-state index >= 15 is 0 Å². The van der Waals surface area contributed by atoms with Gasteiger partial charge in [-0.1, -0.05) is 13.3 Å². The Morgan fingerprint density at radius 1 is 1.35 bits per heavy atom. The van der Waals surface area contributed by atoms with Gasteiger partial charge in [0, 0.05) is 19.0 Å². The van der Waals surface area contributed by atoms with E-state index in [1.54, 1.807) is 4.90 Å². The standard InChI is InChI=1S/C15H26N2O3/c1-2-15(14(19)20)7-4-8-17(10-15)13(18)12-6-3-5-11(12)9-16/h11-12H,2-10,16H2,1H3,(H,19,20). The van der Waals surface area contributed by atoms with Crippen molar-refractivity contribution in [3.05, 3.63) is 0 Å². The normalized spacial score (nSPS) is 34.2. The summed E-state index contributed by atoms with van der Waals surface area (Å²) >= 11 is 0. The highest BCUT2D eigenvalue weighted by Crippen LogP contribution is 2.37. The molecule has 3 unspecified atom stereocenters. The van der Waals surface area contributed by atoms with Crippen molar-refractivity contribution in [3.63, 3.8) is 0 Å². The molecule has 2 rings (SSSR count). The molecule has 3 atom stereocenters. The molecule has 1 heterocycles. The third kappa shape index (κ3) is 2.68. The first-order valence-corrected chi connectivity index (χ1v) is 7.76. The molecule has 3 N–H and O–H groups in total. The number of carbonyl (C=O) groups excluding carboxylic acids is 1. The Morgan fingerprint density at radius 2 is 2.10 bits per heavy atom. The van der Waals surface area contributed by atoms with Crippen LogP contribution in [0, 0.1) is 17.3 Å². The number of carbonyl (C=O) groups is 2. The van der Waals surface area contributed by atoms with Gasteiger partial charge in [-0.3, -0.25) is 9.59 Å². The second-order valence-electron chi connectivity index (χ2n) is 6.34. The Labute approximate surface area is 120 Å². The van der Waals surface area contributed by atoms with E-state index in [0.717, 1.165) is 25.7 Å². The zero-order valence-electron chi connectivity index (χ0n) is 12.3. The number of piperidine rings is 1. The van der Waals surface area contributed by atoms with Crippen LogP contribution < -0.4 is 5.73 Å². The zero-order chi connectivity index (χ0) is 14.8. The third-order valence-electron chi connectivity index (χ3n) is 5.30. The molecule has 114 valence electrons. The number of carboxylic acids is 1. The van der Waals surface area contributed by atoms with Crippen LogP contribution >= 0.6 is 0 Å². The maximum Gasteiger partial charge on any atom is 0.311 e. The van der Waals surface area contributed by atoms with Crippen LogP contribution in [0.2, 0.25) is 0 Å². The Kier molecular flexibility index (Phi) is 4.68. The Balaban J connectivity index is 2.08. The molecule has 1 aliphatic heterocycles. The lowest BCUT2D eigenvalue weighted by atomic mass is 9.77. The predicted octanol–water partition coefficient (Wildman–Crippen LogP) is 1.46. The number of nitrogens with zero attached hydrogens (tertiary/aromatic N) is 1. The van der Waals surface area contributed by atoms with E-state index in [1.165, 1.54) is 0 Å². The van der Waals surface area contributed by atoms with Crippen molar-refractivity contribution in [1.29, 1.82) is 0 Å². The molecule has 0 bridgehead atoms. The molecule has 5 heteroatoms. The molecule has 0 spiro atoms. The van der Waals surface area contributed by atoms with Crippen LogP contribution in [0.15, 0.2) is 0 Å². The highest BCUT2D eigenvalue weighted by atomic mass is 16.4. The lowest BCUT2D eigenvalue weighted by Crippen LogP contribution is -2.51. The molecule has 1 amide bonds. The van der Waals surface area contributed by atoms with Gasteiger partial charge in [0.2, 0.25) is 5.91 Å². The van der Waals surface area contributed by atoms with E-state index in [2.05, 4.69) is 0 Å². The third-order valence-corrected chi connectivity index (χ3v) is 5.30. The summed E-state index contributed by atoms with van der Waals surface area (Å²) in [5.74, 6) is -0.331. The van der Waals surface area contributed by atoms with Crippen molar-refractivity contribution in [2.24, 2.45) is 23.0 Å². The second kappa shape index (κ2) is 6.12. The van der Waals surface area contributed by atoms with Crippen LogP contribution in [0.3, 0.4) is 0 Å². The van der Waals surface area contributed by atoms with E-state index in [4.69, 9.17) is 5.73 Å². The van der Waals surface area contributed by atoms with Gasteiger partial charge >= 0.3 is 5.97 Å². The van der Waals surface area contributed by atoms with Crippen LogP contribution in [-0.4, -0.2) is 41.5 Å². The lowest BCUT2D eigenvalue weighted by Gasteiger charge is -2.40. The summed E-state index contributed by atoms with van der Waals surface area (Å²) in [6, 6.07) is 0. The van der Waals surface area contributed by atoms with Gasteiger partial charge in [0.25, 0.3) is 0 Å². The van der Waals surface area contributed by atoms with Crippen LogP contribution in [0.4, 0.5) is 0 Å². The van der Waals surface area contributed by atoms with Crippen molar-refractivity contribution in [3.8, 4) is 0 Å². The van der Waals surface area contributed by atoms with E-state index in [0.29, 0.717) is 32.5 Å². The largest absolute Gasteiger partial charge is 0.481 e. The van der Waals surface area contributed by atoms with Gasteiger partial charge in [-0.2, -0.15) is 0 Å². The Hall–Kier alpha value is -1.10. The fraction of sp³-hybridized carbons (Fsp3) is 0.867. The van der Waals surface area contributed by atoms with Crippen LogP contribution in [-0.2, 0) is 9.59 Å². The topological polar surface area (TPSA) is 83.6 Å². The van der Waals surface area contributed by atoms with E-state index < -0.39 is 11.4 Å². The highest BCUT2D eigenvalue weighted by Gasteiger charge is 2.44. The van der Waals surface area contributed by atoms with Crippen molar-refractivity contribution >= 4 is 11.9 Å². The summed E-state index contributed by atoms with van der Waals surface area (Å²) in [4.78, 5) is 26.0. The number of rotatable bonds is 4. The SMILES string of the molecule is CCC1(C(=O)O)CCCN(C(=O)C2CCCC2CN)C1. The molecular formula is C15H26N2O3. The number of nitrogens with two attached hydrogens (primary N) is 1. The maximum atomic E-state index is 12.7. The minimum Gasteiger partial charge on any atom is -0.481 e. The first-order valence-electron chi connectivity index (χ1n) is 7.76. The van der Waals surface area contributed by atoms with Crippen molar-refractivity contribution < 1.29 is 14.7 Å². The molecule has 1 saturated heterocycles. The monoisotopic (exact) mass is 282 g/mol. The molecule has 20 heavy (non-hydrogen) atoms. The van der Waals surface area contributed by atoms with Crippen molar-refractivity contribution in [1.82, 2.24) is 4.90 Å². The minimum atomic E-state index is -0.765.